The second-order valence-electron chi connectivity index (χ2n) is 5.85. The van der Waals surface area contributed by atoms with Gasteiger partial charge in [0.15, 0.2) is 0 Å². The molecular formula is C15H17ClN4O3. The summed E-state index contributed by atoms with van der Waals surface area (Å²) in [4.78, 5) is 18.6. The van der Waals surface area contributed by atoms with E-state index in [9.17, 15) is 10.1 Å². The molecule has 0 aliphatic carbocycles. The minimum absolute atomic E-state index is 0.162. The molecule has 0 saturated carbocycles. The monoisotopic (exact) mass is 336 g/mol. The van der Waals surface area contributed by atoms with Gasteiger partial charge in [-0.2, -0.15) is 0 Å². The lowest BCUT2D eigenvalue weighted by molar-refractivity contribution is -0.384. The maximum Gasteiger partial charge on any atom is 0.312 e. The third kappa shape index (κ3) is 5.07. The SMILES string of the molecule is CC(C)(C)Oc1cc(CNc2ncc(Cl)cc2[N+](=O)[O-])ccn1. The molecule has 0 fully saturated rings. The lowest BCUT2D eigenvalue weighted by atomic mass is 10.2. The van der Waals surface area contributed by atoms with Gasteiger partial charge in [-0.25, -0.2) is 9.97 Å². The fraction of sp³-hybridized carbons (Fsp3) is 0.333. The Morgan fingerprint density at radius 1 is 1.35 bits per heavy atom. The number of anilines is 1. The van der Waals surface area contributed by atoms with Gasteiger partial charge in [0.1, 0.15) is 5.60 Å². The first kappa shape index (κ1) is 17.0. The summed E-state index contributed by atoms with van der Waals surface area (Å²) in [5.41, 5.74) is 0.346. The fourth-order valence-corrected chi connectivity index (χ4v) is 1.97. The number of rotatable bonds is 5. The predicted molar refractivity (Wildman–Crippen MR) is 87.8 cm³/mol. The molecular weight excluding hydrogens is 320 g/mol. The summed E-state index contributed by atoms with van der Waals surface area (Å²) >= 11 is 5.74. The summed E-state index contributed by atoms with van der Waals surface area (Å²) in [5, 5.41) is 14.2. The standard InChI is InChI=1S/C15H17ClN4O3/c1-15(2,3)23-13-6-10(4-5-17-13)8-18-14-12(20(21)22)7-11(16)9-19-14/h4-7,9H,8H2,1-3H3,(H,18,19). The number of pyridine rings is 2. The van der Waals surface area contributed by atoms with Gasteiger partial charge in [0.05, 0.1) is 9.95 Å². The van der Waals surface area contributed by atoms with Gasteiger partial charge in [0.2, 0.25) is 11.7 Å². The third-order valence-electron chi connectivity index (χ3n) is 2.70. The molecule has 0 aliphatic heterocycles. The minimum atomic E-state index is -0.526. The van der Waals surface area contributed by atoms with Crippen molar-refractivity contribution in [3.8, 4) is 5.88 Å². The Bertz CT molecular complexity index is 716. The topological polar surface area (TPSA) is 90.2 Å². The Morgan fingerprint density at radius 2 is 2.09 bits per heavy atom. The molecule has 7 nitrogen and oxygen atoms in total. The van der Waals surface area contributed by atoms with E-state index in [0.29, 0.717) is 12.4 Å². The molecule has 23 heavy (non-hydrogen) atoms. The Kier molecular flexibility index (Phi) is 5.00. The molecule has 122 valence electrons. The van der Waals surface area contributed by atoms with Crippen LogP contribution in [0.15, 0.2) is 30.6 Å². The van der Waals surface area contributed by atoms with Crippen molar-refractivity contribution in [3.63, 3.8) is 0 Å². The summed E-state index contributed by atoms with van der Waals surface area (Å²) in [7, 11) is 0. The molecule has 2 aromatic rings. The van der Waals surface area contributed by atoms with Crippen LogP contribution >= 0.6 is 11.6 Å². The normalized spacial score (nSPS) is 11.1. The first-order chi connectivity index (χ1) is 10.7. The molecule has 2 rings (SSSR count). The number of nitrogens with one attached hydrogen (secondary N) is 1. The lowest BCUT2D eigenvalue weighted by Gasteiger charge is -2.20. The fourth-order valence-electron chi connectivity index (χ4n) is 1.82. The van der Waals surface area contributed by atoms with Gasteiger partial charge in [-0.3, -0.25) is 10.1 Å². The molecule has 8 heteroatoms. The average molecular weight is 337 g/mol. The molecule has 2 heterocycles. The van der Waals surface area contributed by atoms with Crippen LogP contribution in [-0.4, -0.2) is 20.5 Å². The zero-order valence-corrected chi connectivity index (χ0v) is 13.8. The number of ether oxygens (including phenoxy) is 1. The zero-order valence-electron chi connectivity index (χ0n) is 13.0. The van der Waals surface area contributed by atoms with Crippen molar-refractivity contribution in [2.24, 2.45) is 0 Å². The molecule has 0 bridgehead atoms. The molecule has 0 radical (unpaired) electrons. The van der Waals surface area contributed by atoms with Gasteiger partial charge in [-0.05, 0) is 32.4 Å². The molecule has 0 spiro atoms. The van der Waals surface area contributed by atoms with Crippen molar-refractivity contribution in [3.05, 3.63) is 51.3 Å². The van der Waals surface area contributed by atoms with Crippen LogP contribution in [0.5, 0.6) is 5.88 Å². The van der Waals surface area contributed by atoms with Crippen molar-refractivity contribution < 1.29 is 9.66 Å². The summed E-state index contributed by atoms with van der Waals surface area (Å²) < 4.78 is 5.69. The predicted octanol–water partition coefficient (Wildman–Crippen LogP) is 3.83. The van der Waals surface area contributed by atoms with Crippen LogP contribution in [0.25, 0.3) is 0 Å². The number of halogens is 1. The Balaban J connectivity index is 2.13. The van der Waals surface area contributed by atoms with Crippen molar-refractivity contribution in [1.82, 2.24) is 9.97 Å². The van der Waals surface area contributed by atoms with E-state index >= 15 is 0 Å². The van der Waals surface area contributed by atoms with E-state index in [4.69, 9.17) is 16.3 Å². The quantitative estimate of drug-likeness (QED) is 0.659. The van der Waals surface area contributed by atoms with Crippen LogP contribution < -0.4 is 10.1 Å². The zero-order chi connectivity index (χ0) is 17.0. The van der Waals surface area contributed by atoms with E-state index in [1.165, 1.54) is 12.3 Å². The van der Waals surface area contributed by atoms with Crippen LogP contribution in [0.2, 0.25) is 5.02 Å². The summed E-state index contributed by atoms with van der Waals surface area (Å²) in [5.74, 6) is 0.657. The van der Waals surface area contributed by atoms with Gasteiger partial charge in [0, 0.05) is 31.1 Å². The number of nitrogens with zero attached hydrogens (tertiary/aromatic N) is 3. The molecule has 0 unspecified atom stereocenters. The van der Waals surface area contributed by atoms with Gasteiger partial charge < -0.3 is 10.1 Å². The van der Waals surface area contributed by atoms with Gasteiger partial charge in [0.25, 0.3) is 0 Å². The second kappa shape index (κ2) is 6.78. The maximum absolute atomic E-state index is 11.0. The first-order valence-corrected chi connectivity index (χ1v) is 7.30. The molecule has 0 saturated heterocycles. The number of nitro groups is 1. The third-order valence-corrected chi connectivity index (χ3v) is 2.91. The van der Waals surface area contributed by atoms with Crippen molar-refractivity contribution in [2.45, 2.75) is 32.9 Å². The van der Waals surface area contributed by atoms with Crippen LogP contribution in [0, 0.1) is 10.1 Å². The summed E-state index contributed by atoms with van der Waals surface area (Å²) in [6.45, 7) is 6.14. The van der Waals surface area contributed by atoms with Gasteiger partial charge >= 0.3 is 5.69 Å². The Hall–Kier alpha value is -2.41. The van der Waals surface area contributed by atoms with E-state index in [1.807, 2.05) is 20.8 Å². The number of hydrogen-bond acceptors (Lipinski definition) is 6. The van der Waals surface area contributed by atoms with Crippen molar-refractivity contribution in [1.29, 1.82) is 0 Å². The van der Waals surface area contributed by atoms with E-state index in [1.54, 1.807) is 18.3 Å². The summed E-state index contributed by atoms with van der Waals surface area (Å²) in [6.07, 6.45) is 2.99. The molecule has 0 atom stereocenters. The van der Waals surface area contributed by atoms with Crippen LogP contribution in [0.3, 0.4) is 0 Å². The van der Waals surface area contributed by atoms with Gasteiger partial charge in [-0.1, -0.05) is 11.6 Å². The lowest BCUT2D eigenvalue weighted by Crippen LogP contribution is -2.23. The highest BCUT2D eigenvalue weighted by molar-refractivity contribution is 6.30. The highest BCUT2D eigenvalue weighted by Gasteiger charge is 2.16. The van der Waals surface area contributed by atoms with Crippen LogP contribution in [0.4, 0.5) is 11.5 Å². The molecule has 1 N–H and O–H groups in total. The van der Waals surface area contributed by atoms with E-state index < -0.39 is 4.92 Å². The van der Waals surface area contributed by atoms with Crippen LogP contribution in [0.1, 0.15) is 26.3 Å². The Morgan fingerprint density at radius 3 is 2.74 bits per heavy atom. The maximum atomic E-state index is 11.0. The first-order valence-electron chi connectivity index (χ1n) is 6.92. The number of aromatic nitrogens is 2. The molecule has 0 aliphatic rings. The van der Waals surface area contributed by atoms with E-state index in [0.717, 1.165) is 5.56 Å². The van der Waals surface area contributed by atoms with E-state index in [2.05, 4.69) is 15.3 Å². The molecule has 2 aromatic heterocycles. The number of hydrogen-bond donors (Lipinski definition) is 1. The Labute approximate surface area is 138 Å². The minimum Gasteiger partial charge on any atom is -0.472 e. The van der Waals surface area contributed by atoms with Crippen molar-refractivity contribution in [2.75, 3.05) is 5.32 Å². The molecule has 0 amide bonds. The van der Waals surface area contributed by atoms with E-state index in [-0.39, 0.29) is 22.1 Å². The highest BCUT2D eigenvalue weighted by atomic mass is 35.5. The van der Waals surface area contributed by atoms with Crippen molar-refractivity contribution >= 4 is 23.1 Å². The molecule has 0 aromatic carbocycles. The average Bonchev–Trinajstić information content (AvgIpc) is 2.44. The van der Waals surface area contributed by atoms with Gasteiger partial charge in [-0.15, -0.1) is 0 Å². The largest absolute Gasteiger partial charge is 0.472 e. The smallest absolute Gasteiger partial charge is 0.312 e. The van der Waals surface area contributed by atoms with Crippen LogP contribution in [-0.2, 0) is 6.54 Å². The highest BCUT2D eigenvalue weighted by Crippen LogP contribution is 2.25. The second-order valence-corrected chi connectivity index (χ2v) is 6.29. The summed E-state index contributed by atoms with van der Waals surface area (Å²) in [6, 6.07) is 4.84.